The minimum Gasteiger partial charge on any atom is -0.393 e. The number of aliphatic hydroxyl groups is 1. The van der Waals surface area contributed by atoms with Gasteiger partial charge in [0.25, 0.3) is 0 Å². The molecule has 0 fully saturated rings. The van der Waals surface area contributed by atoms with Crippen LogP contribution >= 0.6 is 0 Å². The molecular formula is C13H25NO2. The summed E-state index contributed by atoms with van der Waals surface area (Å²) in [6.45, 7) is 10.6. The summed E-state index contributed by atoms with van der Waals surface area (Å²) >= 11 is 0. The van der Waals surface area contributed by atoms with Gasteiger partial charge in [0, 0.05) is 12.6 Å². The van der Waals surface area contributed by atoms with Crippen LogP contribution in [0.15, 0.2) is 11.6 Å². The third-order valence-electron chi connectivity index (χ3n) is 2.78. The molecule has 2 N–H and O–H groups in total. The van der Waals surface area contributed by atoms with E-state index in [-0.39, 0.29) is 17.4 Å². The topological polar surface area (TPSA) is 49.3 Å². The maximum atomic E-state index is 11.5. The van der Waals surface area contributed by atoms with Gasteiger partial charge in [0.05, 0.1) is 6.10 Å². The number of hydrogen-bond acceptors (Lipinski definition) is 2. The minimum atomic E-state index is -0.312. The van der Waals surface area contributed by atoms with E-state index in [1.165, 1.54) is 0 Å². The lowest BCUT2D eigenvalue weighted by molar-refractivity contribution is -0.116. The Balaban J connectivity index is 4.00. The van der Waals surface area contributed by atoms with E-state index in [4.69, 9.17) is 0 Å². The van der Waals surface area contributed by atoms with E-state index in [1.807, 2.05) is 13.8 Å². The van der Waals surface area contributed by atoms with Crippen molar-refractivity contribution in [2.45, 2.75) is 53.6 Å². The van der Waals surface area contributed by atoms with Crippen molar-refractivity contribution in [3.05, 3.63) is 11.6 Å². The highest BCUT2D eigenvalue weighted by atomic mass is 16.3. The normalized spacial score (nSPS) is 14.8. The zero-order chi connectivity index (χ0) is 12.8. The first-order valence-electron chi connectivity index (χ1n) is 5.92. The van der Waals surface area contributed by atoms with Crippen molar-refractivity contribution in [3.63, 3.8) is 0 Å². The first-order valence-corrected chi connectivity index (χ1v) is 5.92. The van der Waals surface area contributed by atoms with E-state index in [0.29, 0.717) is 13.0 Å². The van der Waals surface area contributed by atoms with Crippen molar-refractivity contribution in [1.82, 2.24) is 5.32 Å². The molecule has 1 amide bonds. The van der Waals surface area contributed by atoms with Crippen LogP contribution in [0, 0.1) is 5.41 Å². The highest BCUT2D eigenvalue weighted by Crippen LogP contribution is 2.23. The quantitative estimate of drug-likeness (QED) is 0.708. The Morgan fingerprint density at radius 1 is 1.44 bits per heavy atom. The maximum Gasteiger partial charge on any atom is 0.243 e. The van der Waals surface area contributed by atoms with Gasteiger partial charge in [-0.15, -0.1) is 0 Å². The number of carbonyl (C=O) groups is 1. The lowest BCUT2D eigenvalue weighted by Crippen LogP contribution is -2.26. The van der Waals surface area contributed by atoms with Gasteiger partial charge >= 0.3 is 0 Å². The van der Waals surface area contributed by atoms with Gasteiger partial charge in [0.2, 0.25) is 5.91 Å². The van der Waals surface area contributed by atoms with Gasteiger partial charge < -0.3 is 10.4 Å². The van der Waals surface area contributed by atoms with Crippen molar-refractivity contribution in [3.8, 4) is 0 Å². The zero-order valence-electron chi connectivity index (χ0n) is 11.1. The fourth-order valence-corrected chi connectivity index (χ4v) is 1.03. The Morgan fingerprint density at radius 2 is 2.00 bits per heavy atom. The summed E-state index contributed by atoms with van der Waals surface area (Å²) in [4.78, 5) is 11.5. The van der Waals surface area contributed by atoms with Gasteiger partial charge in [-0.3, -0.25) is 4.79 Å². The fraction of sp³-hybridized carbons (Fsp3) is 0.769. The minimum absolute atomic E-state index is 0.0280. The van der Waals surface area contributed by atoms with Gasteiger partial charge in [0.1, 0.15) is 0 Å². The first kappa shape index (κ1) is 15.2. The van der Waals surface area contributed by atoms with Gasteiger partial charge in [-0.2, -0.15) is 0 Å². The predicted molar refractivity (Wildman–Crippen MR) is 67.1 cm³/mol. The van der Waals surface area contributed by atoms with E-state index in [0.717, 1.165) is 12.0 Å². The third kappa shape index (κ3) is 6.62. The van der Waals surface area contributed by atoms with Crippen molar-refractivity contribution in [2.24, 2.45) is 5.41 Å². The number of nitrogens with one attached hydrogen (secondary N) is 1. The molecule has 0 aromatic carbocycles. The van der Waals surface area contributed by atoms with Gasteiger partial charge in [-0.25, -0.2) is 0 Å². The summed E-state index contributed by atoms with van der Waals surface area (Å²) in [5.74, 6) is -0.0734. The summed E-state index contributed by atoms with van der Waals surface area (Å²) in [6.07, 6.45) is 2.67. The molecule has 0 aliphatic carbocycles. The van der Waals surface area contributed by atoms with E-state index < -0.39 is 0 Å². The molecule has 0 heterocycles. The number of allylic oxidation sites excluding steroid dienone is 1. The van der Waals surface area contributed by atoms with Crippen molar-refractivity contribution < 1.29 is 9.90 Å². The Bertz CT molecular complexity index is 251. The molecule has 0 aromatic heterocycles. The van der Waals surface area contributed by atoms with Gasteiger partial charge in [0.15, 0.2) is 0 Å². The van der Waals surface area contributed by atoms with Crippen LogP contribution in [0.1, 0.15) is 47.5 Å². The average Bonchev–Trinajstić information content (AvgIpc) is 2.15. The van der Waals surface area contributed by atoms with Crippen molar-refractivity contribution in [2.75, 3.05) is 6.54 Å². The van der Waals surface area contributed by atoms with Crippen LogP contribution in [-0.2, 0) is 4.79 Å². The lowest BCUT2D eigenvalue weighted by atomic mass is 9.87. The van der Waals surface area contributed by atoms with Crippen LogP contribution in [0.4, 0.5) is 0 Å². The van der Waals surface area contributed by atoms with Crippen LogP contribution in [0.5, 0.6) is 0 Å². The molecule has 0 saturated heterocycles. The summed E-state index contributed by atoms with van der Waals surface area (Å²) < 4.78 is 0. The molecular weight excluding hydrogens is 202 g/mol. The number of amides is 1. The second-order valence-corrected chi connectivity index (χ2v) is 5.22. The zero-order valence-corrected chi connectivity index (χ0v) is 11.1. The van der Waals surface area contributed by atoms with Crippen LogP contribution in [0.2, 0.25) is 0 Å². The molecule has 1 unspecified atom stereocenters. The molecule has 3 nitrogen and oxygen atoms in total. The Morgan fingerprint density at radius 3 is 2.44 bits per heavy atom. The number of carbonyl (C=O) groups excluding carboxylic acids is 1. The Hall–Kier alpha value is -0.830. The molecule has 0 aliphatic rings. The molecule has 1 atom stereocenters. The fourth-order valence-electron chi connectivity index (χ4n) is 1.03. The van der Waals surface area contributed by atoms with Crippen LogP contribution in [-0.4, -0.2) is 23.7 Å². The van der Waals surface area contributed by atoms with Crippen molar-refractivity contribution >= 4 is 5.91 Å². The molecule has 94 valence electrons. The average molecular weight is 227 g/mol. The van der Waals surface area contributed by atoms with E-state index in [2.05, 4.69) is 26.1 Å². The maximum absolute atomic E-state index is 11.5. The van der Waals surface area contributed by atoms with Crippen LogP contribution < -0.4 is 5.32 Å². The SMILES string of the molecule is CCC(O)CCNC(=O)/C=C(/C)C(C)(C)C. The highest BCUT2D eigenvalue weighted by Gasteiger charge is 2.13. The van der Waals surface area contributed by atoms with E-state index in [9.17, 15) is 9.90 Å². The molecule has 3 heteroatoms. The smallest absolute Gasteiger partial charge is 0.243 e. The summed E-state index contributed by atoms with van der Waals surface area (Å²) in [5, 5.41) is 12.1. The largest absolute Gasteiger partial charge is 0.393 e. The highest BCUT2D eigenvalue weighted by molar-refractivity contribution is 5.88. The summed E-state index contributed by atoms with van der Waals surface area (Å²) in [7, 11) is 0. The van der Waals surface area contributed by atoms with Crippen LogP contribution in [0.25, 0.3) is 0 Å². The number of rotatable bonds is 5. The van der Waals surface area contributed by atoms with E-state index >= 15 is 0 Å². The molecule has 0 spiro atoms. The Kier molecular flexibility index (Phi) is 6.34. The summed E-state index contributed by atoms with van der Waals surface area (Å²) in [5.41, 5.74) is 1.08. The predicted octanol–water partition coefficient (Wildman–Crippen LogP) is 2.26. The lowest BCUT2D eigenvalue weighted by Gasteiger charge is -2.19. The molecule has 0 rings (SSSR count). The molecule has 0 bridgehead atoms. The van der Waals surface area contributed by atoms with Gasteiger partial charge in [-0.1, -0.05) is 33.3 Å². The van der Waals surface area contributed by atoms with Gasteiger partial charge in [-0.05, 0) is 25.2 Å². The number of hydrogen-bond donors (Lipinski definition) is 2. The van der Waals surface area contributed by atoms with E-state index in [1.54, 1.807) is 6.08 Å². The Labute approximate surface area is 98.9 Å². The standard InChI is InChI=1S/C13H25NO2/c1-6-11(15)7-8-14-12(16)9-10(2)13(3,4)5/h9,11,15H,6-8H2,1-5H3,(H,14,16)/b10-9-. The monoisotopic (exact) mass is 227 g/mol. The molecule has 0 saturated carbocycles. The first-order chi connectivity index (χ1) is 7.27. The molecule has 0 radical (unpaired) electrons. The van der Waals surface area contributed by atoms with Crippen LogP contribution in [0.3, 0.4) is 0 Å². The number of aliphatic hydroxyl groups excluding tert-OH is 1. The molecule has 0 aliphatic heterocycles. The summed E-state index contributed by atoms with van der Waals surface area (Å²) in [6, 6.07) is 0. The molecule has 16 heavy (non-hydrogen) atoms. The second-order valence-electron chi connectivity index (χ2n) is 5.22. The molecule has 0 aromatic rings. The third-order valence-corrected chi connectivity index (χ3v) is 2.78. The second kappa shape index (κ2) is 6.69. The van der Waals surface area contributed by atoms with Crippen molar-refractivity contribution in [1.29, 1.82) is 0 Å².